The quantitative estimate of drug-likeness (QED) is 0.875. The van der Waals surface area contributed by atoms with Crippen LogP contribution in [0.2, 0.25) is 0 Å². The molecule has 0 atom stereocenters. The van der Waals surface area contributed by atoms with E-state index in [2.05, 4.69) is 27.8 Å². The van der Waals surface area contributed by atoms with Crippen molar-refractivity contribution in [1.29, 1.82) is 10.5 Å². The minimum Gasteiger partial charge on any atom is -0.361 e. The Morgan fingerprint density at radius 1 is 1.11 bits per heavy atom. The number of carbonyl (C=O) groups excluding carboxylic acids is 1. The van der Waals surface area contributed by atoms with Crippen molar-refractivity contribution in [3.8, 4) is 12.1 Å². The molecule has 1 aromatic carbocycles. The highest BCUT2D eigenvalue weighted by Gasteiger charge is 2.29. The van der Waals surface area contributed by atoms with Crippen molar-refractivity contribution >= 4 is 11.6 Å². The number of nitrogens with one attached hydrogen (secondary N) is 2. The number of rotatable bonds is 3. The number of allylic oxidation sites excluding steroid dienone is 4. The van der Waals surface area contributed by atoms with E-state index in [4.69, 9.17) is 0 Å². The van der Waals surface area contributed by atoms with Crippen molar-refractivity contribution in [3.05, 3.63) is 82.5 Å². The number of nitriles is 2. The third-order valence-corrected chi connectivity index (χ3v) is 4.40. The Hall–Kier alpha value is -3.90. The summed E-state index contributed by atoms with van der Waals surface area (Å²) in [5.41, 5.74) is 4.14. The zero-order valence-electron chi connectivity index (χ0n) is 14.9. The molecule has 0 bridgehead atoms. The molecule has 1 amide bonds. The van der Waals surface area contributed by atoms with Crippen LogP contribution in [0, 0.1) is 22.7 Å². The van der Waals surface area contributed by atoms with Crippen LogP contribution in [-0.2, 0) is 0 Å². The van der Waals surface area contributed by atoms with Crippen LogP contribution in [0.3, 0.4) is 0 Å². The van der Waals surface area contributed by atoms with Crippen molar-refractivity contribution in [3.63, 3.8) is 0 Å². The Morgan fingerprint density at radius 2 is 1.81 bits per heavy atom. The van der Waals surface area contributed by atoms with Gasteiger partial charge < -0.3 is 10.6 Å². The summed E-state index contributed by atoms with van der Waals surface area (Å²) in [6.07, 6.45) is 3.19. The number of dihydropyridines is 1. The number of nitrogens with zero attached hydrogens (tertiary/aromatic N) is 3. The van der Waals surface area contributed by atoms with Crippen LogP contribution in [0.5, 0.6) is 0 Å². The van der Waals surface area contributed by atoms with Crippen LogP contribution in [-0.4, -0.2) is 10.9 Å². The predicted octanol–water partition coefficient (Wildman–Crippen LogP) is 3.62. The lowest BCUT2D eigenvalue weighted by atomic mass is 9.81. The van der Waals surface area contributed by atoms with Gasteiger partial charge in [-0.05, 0) is 43.7 Å². The summed E-state index contributed by atoms with van der Waals surface area (Å²) in [6, 6.07) is 14.9. The van der Waals surface area contributed by atoms with Gasteiger partial charge in [-0.3, -0.25) is 9.78 Å². The van der Waals surface area contributed by atoms with Gasteiger partial charge in [0, 0.05) is 23.2 Å². The summed E-state index contributed by atoms with van der Waals surface area (Å²) in [5.74, 6) is -0.774. The van der Waals surface area contributed by atoms with Crippen molar-refractivity contribution in [1.82, 2.24) is 10.3 Å². The molecule has 1 aromatic heterocycles. The molecule has 0 radical (unpaired) electrons. The normalized spacial score (nSPS) is 14.2. The van der Waals surface area contributed by atoms with E-state index >= 15 is 0 Å². The number of hydrogen-bond acceptors (Lipinski definition) is 5. The number of carbonyl (C=O) groups is 1. The molecule has 2 heterocycles. The average Bonchev–Trinajstić information content (AvgIpc) is 2.68. The summed E-state index contributed by atoms with van der Waals surface area (Å²) in [7, 11) is 0. The van der Waals surface area contributed by atoms with Gasteiger partial charge in [0.2, 0.25) is 0 Å². The number of amides is 1. The van der Waals surface area contributed by atoms with Gasteiger partial charge in [0.05, 0.1) is 41.1 Å². The monoisotopic (exact) mass is 355 g/mol. The maximum absolute atomic E-state index is 12.6. The van der Waals surface area contributed by atoms with E-state index in [0.29, 0.717) is 33.8 Å². The molecule has 0 fully saturated rings. The predicted molar refractivity (Wildman–Crippen MR) is 101 cm³/mol. The first kappa shape index (κ1) is 17.9. The summed E-state index contributed by atoms with van der Waals surface area (Å²) in [6.45, 7) is 3.62. The highest BCUT2D eigenvalue weighted by Crippen LogP contribution is 2.37. The maximum Gasteiger partial charge on any atom is 0.255 e. The first-order valence-corrected chi connectivity index (χ1v) is 8.35. The molecule has 3 rings (SSSR count). The minimum absolute atomic E-state index is 0.280. The molecule has 1 aliphatic rings. The molecule has 0 spiro atoms. The first-order valence-electron chi connectivity index (χ1n) is 8.35. The van der Waals surface area contributed by atoms with Gasteiger partial charge in [0.15, 0.2) is 0 Å². The zero-order valence-corrected chi connectivity index (χ0v) is 14.9. The molecule has 0 unspecified atom stereocenters. The van der Waals surface area contributed by atoms with Gasteiger partial charge in [0.1, 0.15) is 0 Å². The van der Waals surface area contributed by atoms with Gasteiger partial charge in [-0.15, -0.1) is 0 Å². The highest BCUT2D eigenvalue weighted by atomic mass is 16.1. The number of hydrogen-bond donors (Lipinski definition) is 2. The van der Waals surface area contributed by atoms with E-state index in [1.165, 1.54) is 0 Å². The van der Waals surface area contributed by atoms with E-state index in [-0.39, 0.29) is 5.91 Å². The number of benzene rings is 1. The van der Waals surface area contributed by atoms with Gasteiger partial charge >= 0.3 is 0 Å². The molecule has 6 nitrogen and oxygen atoms in total. The van der Waals surface area contributed by atoms with E-state index in [0.717, 1.165) is 5.56 Å². The molecule has 0 saturated heterocycles. The molecule has 1 aliphatic heterocycles. The van der Waals surface area contributed by atoms with Crippen LogP contribution in [0.1, 0.15) is 35.7 Å². The van der Waals surface area contributed by atoms with Crippen molar-refractivity contribution in [2.75, 3.05) is 5.32 Å². The SMILES string of the molecule is CC1=C(C#N)C(c2cccc(C(=O)Nc3cccnc3)c2)C(C#N)=C(C)N1. The minimum atomic E-state index is -0.493. The topological polar surface area (TPSA) is 102 Å². The summed E-state index contributed by atoms with van der Waals surface area (Å²) in [5, 5.41) is 25.1. The number of aromatic nitrogens is 1. The molecule has 27 heavy (non-hydrogen) atoms. The molecular formula is C21H17N5O. The van der Waals surface area contributed by atoms with Crippen molar-refractivity contribution in [2.45, 2.75) is 19.8 Å². The largest absolute Gasteiger partial charge is 0.361 e. The fourth-order valence-electron chi connectivity index (χ4n) is 3.12. The second-order valence-electron chi connectivity index (χ2n) is 6.18. The van der Waals surface area contributed by atoms with Gasteiger partial charge in [-0.25, -0.2) is 0 Å². The number of pyridine rings is 1. The zero-order chi connectivity index (χ0) is 19.4. The van der Waals surface area contributed by atoms with Crippen LogP contribution < -0.4 is 10.6 Å². The fraction of sp³-hybridized carbons (Fsp3) is 0.143. The lowest BCUT2D eigenvalue weighted by Crippen LogP contribution is -2.23. The van der Waals surface area contributed by atoms with E-state index in [9.17, 15) is 15.3 Å². The molecule has 2 aromatic rings. The summed E-state index contributed by atoms with van der Waals surface area (Å²) < 4.78 is 0. The lowest BCUT2D eigenvalue weighted by molar-refractivity contribution is 0.102. The van der Waals surface area contributed by atoms with E-state index in [1.807, 2.05) is 19.9 Å². The van der Waals surface area contributed by atoms with Gasteiger partial charge in [0.25, 0.3) is 5.91 Å². The lowest BCUT2D eigenvalue weighted by Gasteiger charge is -2.26. The number of anilines is 1. The Morgan fingerprint density at radius 3 is 2.41 bits per heavy atom. The Labute approximate surface area is 157 Å². The fourth-order valence-corrected chi connectivity index (χ4v) is 3.12. The van der Waals surface area contributed by atoms with E-state index in [1.54, 1.807) is 42.7 Å². The maximum atomic E-state index is 12.6. The third kappa shape index (κ3) is 3.56. The Bertz CT molecular complexity index is 1000. The molecule has 0 saturated carbocycles. The Kier molecular flexibility index (Phi) is 5.01. The third-order valence-electron chi connectivity index (χ3n) is 4.40. The van der Waals surface area contributed by atoms with Crippen LogP contribution in [0.4, 0.5) is 5.69 Å². The smallest absolute Gasteiger partial charge is 0.255 e. The van der Waals surface area contributed by atoms with Crippen LogP contribution >= 0.6 is 0 Å². The highest BCUT2D eigenvalue weighted by molar-refractivity contribution is 6.04. The molecule has 6 heteroatoms. The summed E-state index contributed by atoms with van der Waals surface area (Å²) >= 11 is 0. The van der Waals surface area contributed by atoms with Crippen LogP contribution in [0.25, 0.3) is 0 Å². The summed E-state index contributed by atoms with van der Waals surface area (Å²) in [4.78, 5) is 16.5. The standard InChI is InChI=1S/C21H17N5O/c1-13-18(10-22)20(19(11-23)14(2)25-13)15-5-3-6-16(9-15)21(27)26-17-7-4-8-24-12-17/h3-9,12,20,25H,1-2H3,(H,26,27). The van der Waals surface area contributed by atoms with Crippen molar-refractivity contribution in [2.24, 2.45) is 0 Å². The average molecular weight is 355 g/mol. The van der Waals surface area contributed by atoms with Gasteiger partial charge in [-0.1, -0.05) is 12.1 Å². The van der Waals surface area contributed by atoms with Crippen LogP contribution in [0.15, 0.2) is 71.3 Å². The molecule has 0 aliphatic carbocycles. The van der Waals surface area contributed by atoms with Crippen molar-refractivity contribution < 1.29 is 4.79 Å². The second-order valence-corrected chi connectivity index (χ2v) is 6.18. The first-order chi connectivity index (χ1) is 13.0. The molecular weight excluding hydrogens is 338 g/mol. The molecule has 2 N–H and O–H groups in total. The second kappa shape index (κ2) is 7.55. The molecule has 132 valence electrons. The van der Waals surface area contributed by atoms with E-state index < -0.39 is 5.92 Å². The Balaban J connectivity index is 1.99. The van der Waals surface area contributed by atoms with Gasteiger partial charge in [-0.2, -0.15) is 10.5 Å².